The van der Waals surface area contributed by atoms with Crippen molar-refractivity contribution in [3.8, 4) is 22.5 Å². The van der Waals surface area contributed by atoms with Crippen LogP contribution in [0.5, 0.6) is 0 Å². The Bertz CT molecular complexity index is 2390. The maximum Gasteiger partial charge on any atom is 0.0548 e. The second kappa shape index (κ2) is 8.95. The Kier molecular flexibility index (Phi) is 4.93. The molecule has 0 unspecified atom stereocenters. The predicted molar refractivity (Wildman–Crippen MR) is 178 cm³/mol. The minimum atomic E-state index is 1.16. The lowest BCUT2D eigenvalue weighted by atomic mass is 9.92. The molecule has 42 heavy (non-hydrogen) atoms. The van der Waals surface area contributed by atoms with E-state index in [-0.39, 0.29) is 0 Å². The molecule has 2 aromatic heterocycles. The Morgan fingerprint density at radius 2 is 1.00 bits per heavy atom. The Labute approximate surface area is 243 Å². The Balaban J connectivity index is 1.26. The van der Waals surface area contributed by atoms with Crippen molar-refractivity contribution in [3.63, 3.8) is 0 Å². The van der Waals surface area contributed by atoms with Gasteiger partial charge in [-0.25, -0.2) is 0 Å². The summed E-state index contributed by atoms with van der Waals surface area (Å²) in [6.45, 7) is 0. The minimum absolute atomic E-state index is 1.16. The fourth-order valence-corrected chi connectivity index (χ4v) is 6.79. The quantitative estimate of drug-likeness (QED) is 0.200. The van der Waals surface area contributed by atoms with E-state index in [1.165, 1.54) is 71.1 Å². The number of benzene rings is 7. The van der Waals surface area contributed by atoms with Gasteiger partial charge in [0.25, 0.3) is 0 Å². The first-order valence-electron chi connectivity index (χ1n) is 14.4. The van der Waals surface area contributed by atoms with E-state index in [1.54, 1.807) is 0 Å². The summed E-state index contributed by atoms with van der Waals surface area (Å²) in [5.74, 6) is 0. The molecule has 0 atom stereocenters. The van der Waals surface area contributed by atoms with Crippen molar-refractivity contribution in [3.05, 3.63) is 158 Å². The Hall–Kier alpha value is -5.60. The minimum Gasteiger partial charge on any atom is -0.317 e. The topological polar surface area (TPSA) is 9.86 Å². The van der Waals surface area contributed by atoms with Crippen LogP contribution in [0.15, 0.2) is 158 Å². The van der Waals surface area contributed by atoms with Gasteiger partial charge in [-0.3, -0.25) is 0 Å². The third-order valence-electron chi connectivity index (χ3n) is 8.70. The molecule has 9 rings (SSSR count). The van der Waals surface area contributed by atoms with E-state index in [2.05, 4.69) is 167 Å². The Morgan fingerprint density at radius 3 is 1.74 bits per heavy atom. The number of hydrogen-bond donors (Lipinski definition) is 0. The molecule has 196 valence electrons. The summed E-state index contributed by atoms with van der Waals surface area (Å²) in [7, 11) is 0. The molecule has 0 aliphatic carbocycles. The van der Waals surface area contributed by atoms with E-state index >= 15 is 0 Å². The van der Waals surface area contributed by atoms with Gasteiger partial charge < -0.3 is 9.13 Å². The van der Waals surface area contributed by atoms with Gasteiger partial charge in [-0.1, -0.05) is 97.1 Å². The molecule has 7 aromatic carbocycles. The van der Waals surface area contributed by atoms with Crippen LogP contribution >= 0.6 is 0 Å². The molecule has 0 saturated heterocycles. The molecular formula is C40H26N2. The molecule has 0 N–H and O–H groups in total. The molecule has 0 aliphatic heterocycles. The van der Waals surface area contributed by atoms with Gasteiger partial charge in [0.05, 0.1) is 16.6 Å². The van der Waals surface area contributed by atoms with E-state index in [4.69, 9.17) is 0 Å². The highest BCUT2D eigenvalue weighted by molar-refractivity contribution is 6.14. The van der Waals surface area contributed by atoms with E-state index in [0.717, 1.165) is 5.69 Å². The van der Waals surface area contributed by atoms with Gasteiger partial charge in [0.15, 0.2) is 0 Å². The lowest BCUT2D eigenvalue weighted by molar-refractivity contribution is 1.13. The lowest BCUT2D eigenvalue weighted by Gasteiger charge is -2.14. The average molecular weight is 535 g/mol. The van der Waals surface area contributed by atoms with Crippen molar-refractivity contribution in [1.82, 2.24) is 9.13 Å². The molecule has 0 radical (unpaired) electrons. The summed E-state index contributed by atoms with van der Waals surface area (Å²) in [4.78, 5) is 0. The monoisotopic (exact) mass is 534 g/mol. The first-order valence-corrected chi connectivity index (χ1v) is 14.4. The maximum atomic E-state index is 2.41. The fourth-order valence-electron chi connectivity index (χ4n) is 6.79. The molecule has 2 heteroatoms. The molecule has 0 saturated carbocycles. The van der Waals surface area contributed by atoms with Gasteiger partial charge in [-0.15, -0.1) is 0 Å². The SMILES string of the molecule is c1ccc(-n2ccc3cc4c(cc32)c2ccccc2n4-c2ccc(-c3c4ccccc4cc4ccccc34)cc2)cc1. The average Bonchev–Trinajstić information content (AvgIpc) is 3.61. The van der Waals surface area contributed by atoms with Gasteiger partial charge in [0.1, 0.15) is 0 Å². The van der Waals surface area contributed by atoms with Crippen molar-refractivity contribution in [2.45, 2.75) is 0 Å². The summed E-state index contributed by atoms with van der Waals surface area (Å²) in [5.41, 5.74) is 8.52. The molecule has 0 amide bonds. The lowest BCUT2D eigenvalue weighted by Crippen LogP contribution is -1.94. The van der Waals surface area contributed by atoms with Gasteiger partial charge >= 0.3 is 0 Å². The highest BCUT2D eigenvalue weighted by Crippen LogP contribution is 2.39. The molecule has 9 aromatic rings. The first-order chi connectivity index (χ1) is 20.8. The maximum absolute atomic E-state index is 2.41. The molecule has 0 spiro atoms. The van der Waals surface area contributed by atoms with Crippen LogP contribution in [0.25, 0.3) is 76.8 Å². The van der Waals surface area contributed by atoms with E-state index in [9.17, 15) is 0 Å². The summed E-state index contributed by atoms with van der Waals surface area (Å²) in [6, 6.07) is 55.1. The van der Waals surface area contributed by atoms with Crippen LogP contribution in [0.4, 0.5) is 0 Å². The van der Waals surface area contributed by atoms with Crippen LogP contribution in [0.3, 0.4) is 0 Å². The van der Waals surface area contributed by atoms with Gasteiger partial charge in [0, 0.05) is 33.7 Å². The zero-order chi connectivity index (χ0) is 27.6. The molecule has 0 fully saturated rings. The standard InChI is InChI=1S/C40H26N2/c1-2-12-31(13-3-1)41-23-22-30-25-39-36(26-38(30)41)35-16-8-9-17-37(35)42(39)32-20-18-27(19-21-32)40-33-14-6-4-10-28(33)24-29-11-5-7-15-34(29)40/h1-26H. The normalized spacial score (nSPS) is 11.8. The summed E-state index contributed by atoms with van der Waals surface area (Å²) in [6.07, 6.45) is 2.18. The zero-order valence-electron chi connectivity index (χ0n) is 22.9. The fraction of sp³-hybridized carbons (Fsp3) is 0. The van der Waals surface area contributed by atoms with Crippen molar-refractivity contribution < 1.29 is 0 Å². The summed E-state index contributed by atoms with van der Waals surface area (Å²) < 4.78 is 4.69. The zero-order valence-corrected chi connectivity index (χ0v) is 22.9. The second-order valence-electron chi connectivity index (χ2n) is 11.0. The van der Waals surface area contributed by atoms with Gasteiger partial charge in [0.2, 0.25) is 0 Å². The summed E-state index contributed by atoms with van der Waals surface area (Å²) in [5, 5.41) is 8.86. The highest BCUT2D eigenvalue weighted by atomic mass is 15.0. The third-order valence-corrected chi connectivity index (χ3v) is 8.70. The van der Waals surface area contributed by atoms with Crippen LogP contribution in [0.1, 0.15) is 0 Å². The van der Waals surface area contributed by atoms with Gasteiger partial charge in [-0.2, -0.15) is 0 Å². The third kappa shape index (κ3) is 3.39. The van der Waals surface area contributed by atoms with Gasteiger partial charge in [-0.05, 0) is 87.3 Å². The number of fused-ring (bicyclic) bond motifs is 6. The first kappa shape index (κ1) is 23.1. The number of aromatic nitrogens is 2. The van der Waals surface area contributed by atoms with Crippen LogP contribution in [0, 0.1) is 0 Å². The molecule has 2 nitrogen and oxygen atoms in total. The number of para-hydroxylation sites is 2. The van der Waals surface area contributed by atoms with Crippen LogP contribution in [-0.2, 0) is 0 Å². The van der Waals surface area contributed by atoms with Crippen LogP contribution in [0.2, 0.25) is 0 Å². The number of rotatable bonds is 3. The van der Waals surface area contributed by atoms with E-state index in [1.807, 2.05) is 0 Å². The smallest absolute Gasteiger partial charge is 0.0548 e. The van der Waals surface area contributed by atoms with Crippen molar-refractivity contribution in [2.24, 2.45) is 0 Å². The Morgan fingerprint density at radius 1 is 0.357 bits per heavy atom. The van der Waals surface area contributed by atoms with E-state index in [0.29, 0.717) is 0 Å². The van der Waals surface area contributed by atoms with E-state index < -0.39 is 0 Å². The predicted octanol–water partition coefficient (Wildman–Crippen LogP) is 10.7. The largest absolute Gasteiger partial charge is 0.317 e. The molecule has 0 aliphatic rings. The molecular weight excluding hydrogens is 508 g/mol. The summed E-state index contributed by atoms with van der Waals surface area (Å²) >= 11 is 0. The number of hydrogen-bond acceptors (Lipinski definition) is 0. The van der Waals surface area contributed by atoms with Crippen LogP contribution in [-0.4, -0.2) is 9.13 Å². The van der Waals surface area contributed by atoms with Crippen molar-refractivity contribution in [1.29, 1.82) is 0 Å². The molecule has 2 heterocycles. The molecule has 0 bridgehead atoms. The second-order valence-corrected chi connectivity index (χ2v) is 11.0. The van der Waals surface area contributed by atoms with Crippen molar-refractivity contribution >= 4 is 54.3 Å². The van der Waals surface area contributed by atoms with Crippen molar-refractivity contribution in [2.75, 3.05) is 0 Å². The van der Waals surface area contributed by atoms with Crippen LogP contribution < -0.4 is 0 Å². The number of nitrogens with zero attached hydrogens (tertiary/aromatic N) is 2. The highest BCUT2D eigenvalue weighted by Gasteiger charge is 2.16.